The molecule has 2 aromatic rings. The summed E-state index contributed by atoms with van der Waals surface area (Å²) >= 11 is 0. The van der Waals surface area contributed by atoms with Crippen LogP contribution < -0.4 is 5.73 Å². The summed E-state index contributed by atoms with van der Waals surface area (Å²) in [4.78, 5) is 12.0. The van der Waals surface area contributed by atoms with E-state index in [1.54, 1.807) is 0 Å². The highest BCUT2D eigenvalue weighted by atomic mass is 19.4. The number of pyridine rings is 1. The number of alkyl halides is 3. The van der Waals surface area contributed by atoms with Gasteiger partial charge >= 0.3 is 6.18 Å². The molecule has 8 heteroatoms. The predicted molar refractivity (Wildman–Crippen MR) is 71.7 cm³/mol. The number of ether oxygens (including phenoxy) is 1. The minimum Gasteiger partial charge on any atom is -0.384 e. The zero-order valence-electron chi connectivity index (χ0n) is 11.7. The number of halogens is 3. The molecule has 3 heterocycles. The van der Waals surface area contributed by atoms with E-state index >= 15 is 0 Å². The minimum atomic E-state index is -4.51. The van der Waals surface area contributed by atoms with E-state index in [0.717, 1.165) is 23.4 Å². The van der Waals surface area contributed by atoms with E-state index in [4.69, 9.17) is 10.5 Å². The summed E-state index contributed by atoms with van der Waals surface area (Å²) < 4.78 is 45.0. The molecule has 3 rings (SSSR count). The molecule has 0 fully saturated rings. The first-order chi connectivity index (χ1) is 10.4. The SMILES string of the molecule is Cc1ncnc2c1COC(c1nc(N)ccc1C(F)(F)F)C2. The fraction of sp³-hybridized carbons (Fsp3) is 0.357. The van der Waals surface area contributed by atoms with Gasteiger partial charge in [-0.15, -0.1) is 0 Å². The van der Waals surface area contributed by atoms with Crippen LogP contribution in [-0.4, -0.2) is 15.0 Å². The lowest BCUT2D eigenvalue weighted by atomic mass is 9.98. The first-order valence-electron chi connectivity index (χ1n) is 6.61. The Kier molecular flexibility index (Phi) is 3.48. The number of nitrogens with zero attached hydrogens (tertiary/aromatic N) is 3. The molecule has 1 atom stereocenters. The largest absolute Gasteiger partial charge is 0.418 e. The van der Waals surface area contributed by atoms with E-state index in [9.17, 15) is 13.2 Å². The molecule has 0 aromatic carbocycles. The molecular formula is C14H13F3N4O. The summed E-state index contributed by atoms with van der Waals surface area (Å²) in [5.41, 5.74) is 6.77. The van der Waals surface area contributed by atoms with Crippen molar-refractivity contribution in [2.75, 3.05) is 5.73 Å². The third-order valence-corrected chi connectivity index (χ3v) is 3.61. The van der Waals surface area contributed by atoms with Crippen molar-refractivity contribution < 1.29 is 17.9 Å². The lowest BCUT2D eigenvalue weighted by Gasteiger charge is -2.26. The van der Waals surface area contributed by atoms with E-state index in [1.807, 2.05) is 6.92 Å². The van der Waals surface area contributed by atoms with E-state index in [0.29, 0.717) is 5.69 Å². The summed E-state index contributed by atoms with van der Waals surface area (Å²) in [7, 11) is 0. The first kappa shape index (κ1) is 14.7. The highest BCUT2D eigenvalue weighted by Gasteiger charge is 2.38. The molecular weight excluding hydrogens is 297 g/mol. The number of hydrogen-bond donors (Lipinski definition) is 1. The van der Waals surface area contributed by atoms with Gasteiger partial charge in [-0.05, 0) is 19.1 Å². The second kappa shape index (κ2) is 5.20. The molecule has 5 nitrogen and oxygen atoms in total. The summed E-state index contributed by atoms with van der Waals surface area (Å²) in [5.74, 6) is 0.0243. The van der Waals surface area contributed by atoms with Crippen molar-refractivity contribution in [1.82, 2.24) is 15.0 Å². The zero-order chi connectivity index (χ0) is 15.9. The van der Waals surface area contributed by atoms with Gasteiger partial charge in [0.2, 0.25) is 0 Å². The van der Waals surface area contributed by atoms with Crippen LogP contribution in [0, 0.1) is 6.92 Å². The highest BCUT2D eigenvalue weighted by Crippen LogP contribution is 2.38. The number of aryl methyl sites for hydroxylation is 1. The standard InChI is InChI=1S/C14H13F3N4O/c1-7-8-5-22-11(4-10(8)20-6-19-7)13-9(14(15,16)17)2-3-12(18)21-13/h2-3,6,11H,4-5H2,1H3,(H2,18,21). The molecule has 0 amide bonds. The fourth-order valence-electron chi connectivity index (χ4n) is 2.48. The molecule has 0 saturated heterocycles. The van der Waals surface area contributed by atoms with Gasteiger partial charge in [0.25, 0.3) is 0 Å². The maximum Gasteiger partial charge on any atom is 0.418 e. The summed E-state index contributed by atoms with van der Waals surface area (Å²) in [6.45, 7) is 1.96. The molecule has 116 valence electrons. The Morgan fingerprint density at radius 1 is 1.27 bits per heavy atom. The summed E-state index contributed by atoms with van der Waals surface area (Å²) in [5, 5.41) is 0. The van der Waals surface area contributed by atoms with E-state index in [1.165, 1.54) is 6.33 Å². The van der Waals surface area contributed by atoms with Gasteiger partial charge < -0.3 is 10.5 Å². The van der Waals surface area contributed by atoms with Crippen molar-refractivity contribution in [3.8, 4) is 0 Å². The van der Waals surface area contributed by atoms with Gasteiger partial charge in [0.1, 0.15) is 18.2 Å². The lowest BCUT2D eigenvalue weighted by Crippen LogP contribution is -2.23. The first-order valence-corrected chi connectivity index (χ1v) is 6.61. The van der Waals surface area contributed by atoms with Crippen LogP contribution in [0.15, 0.2) is 18.5 Å². The molecule has 1 unspecified atom stereocenters. The second-order valence-corrected chi connectivity index (χ2v) is 5.05. The Bertz CT molecular complexity index is 718. The van der Waals surface area contributed by atoms with Crippen LogP contribution in [0.1, 0.15) is 34.3 Å². The Hall–Kier alpha value is -2.22. The summed E-state index contributed by atoms with van der Waals surface area (Å²) in [6.07, 6.45) is -3.74. The third-order valence-electron chi connectivity index (χ3n) is 3.61. The predicted octanol–water partition coefficient (Wildman–Crippen LogP) is 2.60. The molecule has 2 N–H and O–H groups in total. The van der Waals surface area contributed by atoms with Crippen LogP contribution in [0.2, 0.25) is 0 Å². The van der Waals surface area contributed by atoms with Crippen molar-refractivity contribution in [3.63, 3.8) is 0 Å². The second-order valence-electron chi connectivity index (χ2n) is 5.05. The average molecular weight is 310 g/mol. The van der Waals surface area contributed by atoms with Crippen molar-refractivity contribution in [2.45, 2.75) is 32.2 Å². The Balaban J connectivity index is 2.01. The van der Waals surface area contributed by atoms with Crippen LogP contribution >= 0.6 is 0 Å². The molecule has 2 aromatic heterocycles. The molecule has 22 heavy (non-hydrogen) atoms. The van der Waals surface area contributed by atoms with Crippen molar-refractivity contribution in [3.05, 3.63) is 46.7 Å². The Labute approximate surface area is 124 Å². The quantitative estimate of drug-likeness (QED) is 0.876. The Morgan fingerprint density at radius 2 is 2.05 bits per heavy atom. The van der Waals surface area contributed by atoms with E-state index in [2.05, 4.69) is 15.0 Å². The van der Waals surface area contributed by atoms with Gasteiger partial charge in [-0.1, -0.05) is 0 Å². The van der Waals surface area contributed by atoms with Gasteiger partial charge in [-0.3, -0.25) is 0 Å². The number of aromatic nitrogens is 3. The molecule has 0 saturated carbocycles. The molecule has 1 aliphatic rings. The minimum absolute atomic E-state index is 0.0243. The van der Waals surface area contributed by atoms with Gasteiger partial charge in [0, 0.05) is 17.7 Å². The average Bonchev–Trinajstić information content (AvgIpc) is 2.46. The molecule has 0 bridgehead atoms. The van der Waals surface area contributed by atoms with Crippen LogP contribution in [0.4, 0.5) is 19.0 Å². The van der Waals surface area contributed by atoms with Gasteiger partial charge in [-0.25, -0.2) is 15.0 Å². The van der Waals surface area contributed by atoms with Gasteiger partial charge in [0.15, 0.2) is 0 Å². The molecule has 1 aliphatic heterocycles. The monoisotopic (exact) mass is 310 g/mol. The number of anilines is 1. The number of hydrogen-bond acceptors (Lipinski definition) is 5. The molecule has 0 radical (unpaired) electrons. The smallest absolute Gasteiger partial charge is 0.384 e. The maximum absolute atomic E-state index is 13.1. The number of rotatable bonds is 1. The highest BCUT2D eigenvalue weighted by molar-refractivity contribution is 5.38. The topological polar surface area (TPSA) is 73.9 Å². The van der Waals surface area contributed by atoms with Crippen LogP contribution in [0.25, 0.3) is 0 Å². The maximum atomic E-state index is 13.1. The molecule has 0 aliphatic carbocycles. The van der Waals surface area contributed by atoms with Gasteiger partial charge in [0.05, 0.1) is 23.6 Å². The van der Waals surface area contributed by atoms with Crippen LogP contribution in [0.3, 0.4) is 0 Å². The molecule has 0 spiro atoms. The third kappa shape index (κ3) is 2.61. The summed E-state index contributed by atoms with van der Waals surface area (Å²) in [6, 6.07) is 2.07. The zero-order valence-corrected chi connectivity index (χ0v) is 11.7. The van der Waals surface area contributed by atoms with Crippen molar-refractivity contribution in [1.29, 1.82) is 0 Å². The van der Waals surface area contributed by atoms with Crippen LogP contribution in [-0.2, 0) is 23.9 Å². The fourth-order valence-corrected chi connectivity index (χ4v) is 2.48. The van der Waals surface area contributed by atoms with Crippen LogP contribution in [0.5, 0.6) is 0 Å². The Morgan fingerprint density at radius 3 is 2.77 bits per heavy atom. The van der Waals surface area contributed by atoms with Gasteiger partial charge in [-0.2, -0.15) is 13.2 Å². The van der Waals surface area contributed by atoms with E-state index in [-0.39, 0.29) is 24.5 Å². The van der Waals surface area contributed by atoms with E-state index < -0.39 is 17.8 Å². The normalized spacial score (nSPS) is 18.1. The number of fused-ring (bicyclic) bond motifs is 1. The number of nitrogen functional groups attached to an aromatic ring is 1. The lowest BCUT2D eigenvalue weighted by molar-refractivity contribution is -0.140. The van der Waals surface area contributed by atoms with Crippen molar-refractivity contribution in [2.24, 2.45) is 0 Å². The van der Waals surface area contributed by atoms with Crippen molar-refractivity contribution >= 4 is 5.82 Å². The number of nitrogens with two attached hydrogens (primary N) is 1.